The lowest BCUT2D eigenvalue weighted by Gasteiger charge is -2.16. The maximum Gasteiger partial charge on any atom is 0.259 e. The van der Waals surface area contributed by atoms with Gasteiger partial charge in [0, 0.05) is 18.7 Å². The number of aromatic nitrogens is 2. The number of hydrogen-bond donors (Lipinski definition) is 0. The van der Waals surface area contributed by atoms with Crippen molar-refractivity contribution in [3.8, 4) is 11.3 Å². The molecule has 1 amide bonds. The van der Waals surface area contributed by atoms with E-state index in [-0.39, 0.29) is 5.91 Å². The lowest BCUT2D eigenvalue weighted by atomic mass is 10.0. The molecule has 0 saturated carbocycles. The first-order chi connectivity index (χ1) is 11.6. The first-order valence-electron chi connectivity index (χ1n) is 8.27. The number of likely N-dealkylation sites (tertiary alicyclic amines) is 1. The molecule has 0 bridgehead atoms. The number of rotatable bonds is 2. The highest BCUT2D eigenvalue weighted by Gasteiger charge is 2.25. The molecule has 24 heavy (non-hydrogen) atoms. The molecule has 3 aromatic rings. The molecule has 1 saturated heterocycles. The summed E-state index contributed by atoms with van der Waals surface area (Å²) < 4.78 is 5.36. The van der Waals surface area contributed by atoms with Gasteiger partial charge in [0.25, 0.3) is 11.6 Å². The van der Waals surface area contributed by atoms with Gasteiger partial charge in [-0.1, -0.05) is 35.0 Å². The van der Waals surface area contributed by atoms with E-state index in [0.717, 1.165) is 42.6 Å². The second-order valence-electron chi connectivity index (χ2n) is 6.37. The number of amides is 1. The molecule has 2 aromatic heterocycles. The zero-order valence-electron chi connectivity index (χ0n) is 13.9. The third-order valence-electron chi connectivity index (χ3n) is 4.59. The minimum absolute atomic E-state index is 0.0413. The summed E-state index contributed by atoms with van der Waals surface area (Å²) in [5.41, 5.74) is 4.65. The number of nitrogens with zero attached hydrogens (tertiary/aromatic N) is 3. The van der Waals surface area contributed by atoms with Crippen LogP contribution in [0.4, 0.5) is 0 Å². The van der Waals surface area contributed by atoms with Gasteiger partial charge in [-0.25, -0.2) is 4.98 Å². The van der Waals surface area contributed by atoms with E-state index in [9.17, 15) is 4.79 Å². The fraction of sp³-hybridized carbons (Fsp3) is 0.316. The second kappa shape index (κ2) is 5.74. The van der Waals surface area contributed by atoms with Crippen LogP contribution in [0, 0.1) is 13.8 Å². The van der Waals surface area contributed by atoms with E-state index in [0.29, 0.717) is 17.0 Å². The third kappa shape index (κ3) is 2.46. The summed E-state index contributed by atoms with van der Waals surface area (Å²) >= 11 is 0. The first-order valence-corrected chi connectivity index (χ1v) is 8.27. The van der Waals surface area contributed by atoms with Gasteiger partial charge in [-0.2, -0.15) is 0 Å². The molecule has 1 aromatic carbocycles. The monoisotopic (exact) mass is 321 g/mol. The van der Waals surface area contributed by atoms with Crippen molar-refractivity contribution >= 4 is 17.0 Å². The van der Waals surface area contributed by atoms with Crippen molar-refractivity contribution in [2.24, 2.45) is 0 Å². The van der Waals surface area contributed by atoms with E-state index in [1.807, 2.05) is 49.1 Å². The van der Waals surface area contributed by atoms with E-state index in [2.05, 4.69) is 10.1 Å². The number of pyridine rings is 1. The predicted octanol–water partition coefficient (Wildman–Crippen LogP) is 3.74. The maximum absolute atomic E-state index is 13.0. The first kappa shape index (κ1) is 14.9. The van der Waals surface area contributed by atoms with Crippen LogP contribution < -0.4 is 0 Å². The van der Waals surface area contributed by atoms with Crippen molar-refractivity contribution in [1.82, 2.24) is 15.0 Å². The minimum atomic E-state index is 0.0413. The molecule has 0 N–H and O–H groups in total. The van der Waals surface area contributed by atoms with Gasteiger partial charge in [-0.3, -0.25) is 4.79 Å². The van der Waals surface area contributed by atoms with Gasteiger partial charge >= 0.3 is 0 Å². The summed E-state index contributed by atoms with van der Waals surface area (Å²) in [7, 11) is 0. The molecule has 5 nitrogen and oxygen atoms in total. The lowest BCUT2D eigenvalue weighted by molar-refractivity contribution is 0.0794. The summed E-state index contributed by atoms with van der Waals surface area (Å²) in [6, 6.07) is 9.97. The average Bonchev–Trinajstić information content (AvgIpc) is 3.24. The van der Waals surface area contributed by atoms with Gasteiger partial charge in [-0.05, 0) is 32.8 Å². The fourth-order valence-electron chi connectivity index (χ4n) is 3.23. The van der Waals surface area contributed by atoms with Crippen LogP contribution in [0.25, 0.3) is 22.4 Å². The topological polar surface area (TPSA) is 59.2 Å². The van der Waals surface area contributed by atoms with Crippen molar-refractivity contribution in [1.29, 1.82) is 0 Å². The Bertz CT molecular complexity index is 906. The molecule has 0 radical (unpaired) electrons. The molecule has 3 heterocycles. The zero-order valence-corrected chi connectivity index (χ0v) is 13.9. The summed E-state index contributed by atoms with van der Waals surface area (Å²) in [5.74, 6) is 0.0413. The van der Waals surface area contributed by atoms with Crippen molar-refractivity contribution < 1.29 is 9.32 Å². The molecule has 0 atom stereocenters. The van der Waals surface area contributed by atoms with Gasteiger partial charge in [-0.15, -0.1) is 0 Å². The predicted molar refractivity (Wildman–Crippen MR) is 91.9 cm³/mol. The summed E-state index contributed by atoms with van der Waals surface area (Å²) in [5, 5.41) is 4.73. The van der Waals surface area contributed by atoms with Crippen LogP contribution in [0.5, 0.6) is 0 Å². The van der Waals surface area contributed by atoms with Crippen molar-refractivity contribution in [3.05, 3.63) is 47.2 Å². The summed E-state index contributed by atoms with van der Waals surface area (Å²) in [6.45, 7) is 5.52. The Morgan fingerprint density at radius 3 is 2.54 bits per heavy atom. The molecule has 4 rings (SSSR count). The second-order valence-corrected chi connectivity index (χ2v) is 6.37. The van der Waals surface area contributed by atoms with E-state index < -0.39 is 0 Å². The quantitative estimate of drug-likeness (QED) is 0.721. The van der Waals surface area contributed by atoms with Crippen LogP contribution >= 0.6 is 0 Å². The highest BCUT2D eigenvalue weighted by molar-refractivity contribution is 6.07. The summed E-state index contributed by atoms with van der Waals surface area (Å²) in [4.78, 5) is 19.4. The van der Waals surface area contributed by atoms with Crippen molar-refractivity contribution in [2.45, 2.75) is 26.7 Å². The molecule has 0 aliphatic carbocycles. The highest BCUT2D eigenvalue weighted by Crippen LogP contribution is 2.28. The SMILES string of the molecule is Cc1ccc(-c2cc(C(=O)N3CCCC3)c3c(C)noc3n2)cc1. The van der Waals surface area contributed by atoms with E-state index >= 15 is 0 Å². The van der Waals surface area contributed by atoms with E-state index in [1.54, 1.807) is 0 Å². The Hall–Kier alpha value is -2.69. The average molecular weight is 321 g/mol. The lowest BCUT2D eigenvalue weighted by Crippen LogP contribution is -2.27. The fourth-order valence-corrected chi connectivity index (χ4v) is 3.23. The maximum atomic E-state index is 13.0. The zero-order chi connectivity index (χ0) is 16.7. The van der Waals surface area contributed by atoms with Crippen LogP contribution in [-0.2, 0) is 0 Å². The molecule has 122 valence electrons. The largest absolute Gasteiger partial charge is 0.339 e. The van der Waals surface area contributed by atoms with Gasteiger partial charge < -0.3 is 9.42 Å². The van der Waals surface area contributed by atoms with Gasteiger partial charge in [0.1, 0.15) is 0 Å². The standard InChI is InChI=1S/C19H19N3O2/c1-12-5-7-14(8-6-12)16-11-15(19(23)22-9-3-4-10-22)17-13(2)21-24-18(17)20-16/h5-8,11H,3-4,9-10H2,1-2H3. The Morgan fingerprint density at radius 1 is 1.12 bits per heavy atom. The number of aryl methyl sites for hydroxylation is 2. The number of carbonyl (C=O) groups excluding carboxylic acids is 1. The molecule has 0 spiro atoms. The minimum Gasteiger partial charge on any atom is -0.339 e. The van der Waals surface area contributed by atoms with Gasteiger partial charge in [0.2, 0.25) is 0 Å². The van der Waals surface area contributed by atoms with Gasteiger partial charge in [0.15, 0.2) is 0 Å². The normalized spacial score (nSPS) is 14.5. The summed E-state index contributed by atoms with van der Waals surface area (Å²) in [6.07, 6.45) is 2.13. The third-order valence-corrected chi connectivity index (χ3v) is 4.59. The van der Waals surface area contributed by atoms with E-state index in [4.69, 9.17) is 4.52 Å². The van der Waals surface area contributed by atoms with Crippen LogP contribution in [0.1, 0.15) is 34.5 Å². The van der Waals surface area contributed by atoms with Gasteiger partial charge in [0.05, 0.1) is 22.3 Å². The molecule has 0 unspecified atom stereocenters. The molecule has 5 heteroatoms. The number of fused-ring (bicyclic) bond motifs is 1. The van der Waals surface area contributed by atoms with Crippen LogP contribution in [0.3, 0.4) is 0 Å². The smallest absolute Gasteiger partial charge is 0.259 e. The Balaban J connectivity index is 1.88. The number of carbonyl (C=O) groups is 1. The van der Waals surface area contributed by atoms with Crippen LogP contribution in [-0.4, -0.2) is 34.0 Å². The Morgan fingerprint density at radius 2 is 1.83 bits per heavy atom. The van der Waals surface area contributed by atoms with Crippen LogP contribution in [0.2, 0.25) is 0 Å². The molecular formula is C19H19N3O2. The van der Waals surface area contributed by atoms with Crippen molar-refractivity contribution in [2.75, 3.05) is 13.1 Å². The Labute approximate surface area is 140 Å². The van der Waals surface area contributed by atoms with Crippen molar-refractivity contribution in [3.63, 3.8) is 0 Å². The highest BCUT2D eigenvalue weighted by atomic mass is 16.5. The van der Waals surface area contributed by atoms with Crippen LogP contribution in [0.15, 0.2) is 34.9 Å². The van der Waals surface area contributed by atoms with E-state index in [1.165, 1.54) is 5.56 Å². The number of benzene rings is 1. The molecule has 1 aliphatic rings. The molecule has 1 fully saturated rings. The molecule has 1 aliphatic heterocycles. The molecular weight excluding hydrogens is 302 g/mol. The Kier molecular flexibility index (Phi) is 3.56. The number of hydrogen-bond acceptors (Lipinski definition) is 4.